The lowest BCUT2D eigenvalue weighted by molar-refractivity contribution is 0.131. The van der Waals surface area contributed by atoms with E-state index < -0.39 is 0 Å². The molecule has 0 saturated heterocycles. The average molecular weight is 351 g/mol. The Morgan fingerprint density at radius 2 is 2.24 bits per heavy atom. The van der Waals surface area contributed by atoms with Crippen molar-refractivity contribution in [3.8, 4) is 0 Å². The Kier molecular flexibility index (Phi) is 7.18. The molecule has 1 heterocycles. The maximum absolute atomic E-state index is 11.3. The highest BCUT2D eigenvalue weighted by molar-refractivity contribution is 14.1. The Balaban J connectivity index is 2.18. The molecule has 0 spiro atoms. The first-order valence-electron chi connectivity index (χ1n) is 5.80. The predicted molar refractivity (Wildman–Crippen MR) is 76.4 cm³/mol. The standard InChI is InChI=1S/C11H18IN3O2/c1-2-3-6-17-7-4-5-13-10-9(12)11(16)15-8-14-10/h8H,2-7H2,1H3,(H2,13,14,15,16). The molecule has 1 aromatic heterocycles. The van der Waals surface area contributed by atoms with Gasteiger partial charge in [0.05, 0.1) is 6.33 Å². The fraction of sp³-hybridized carbons (Fsp3) is 0.636. The third-order valence-electron chi connectivity index (χ3n) is 2.20. The molecule has 5 nitrogen and oxygen atoms in total. The van der Waals surface area contributed by atoms with E-state index in [2.05, 4.69) is 22.2 Å². The highest BCUT2D eigenvalue weighted by atomic mass is 127. The summed E-state index contributed by atoms with van der Waals surface area (Å²) in [4.78, 5) is 17.9. The second kappa shape index (κ2) is 8.46. The third kappa shape index (κ3) is 5.49. The summed E-state index contributed by atoms with van der Waals surface area (Å²) in [7, 11) is 0. The molecule has 0 atom stereocenters. The summed E-state index contributed by atoms with van der Waals surface area (Å²) in [5.41, 5.74) is -0.109. The van der Waals surface area contributed by atoms with Gasteiger partial charge in [0.15, 0.2) is 0 Å². The zero-order chi connectivity index (χ0) is 12.5. The number of nitrogens with one attached hydrogen (secondary N) is 2. The Labute approximate surface area is 115 Å². The predicted octanol–water partition coefficient (Wildman–Crippen LogP) is 1.99. The number of hydrogen-bond acceptors (Lipinski definition) is 4. The highest BCUT2D eigenvalue weighted by Crippen LogP contribution is 2.08. The SMILES string of the molecule is CCCCOCCCNc1nc[nH]c(=O)c1I. The molecule has 0 unspecified atom stereocenters. The van der Waals surface area contributed by atoms with Gasteiger partial charge in [-0.3, -0.25) is 4.79 Å². The van der Waals surface area contributed by atoms with Crippen LogP contribution in [0.3, 0.4) is 0 Å². The maximum atomic E-state index is 11.3. The molecule has 1 aromatic rings. The molecular weight excluding hydrogens is 333 g/mol. The minimum Gasteiger partial charge on any atom is -0.381 e. The van der Waals surface area contributed by atoms with Crippen LogP contribution < -0.4 is 10.9 Å². The van der Waals surface area contributed by atoms with Crippen molar-refractivity contribution in [3.63, 3.8) is 0 Å². The van der Waals surface area contributed by atoms with Gasteiger partial charge < -0.3 is 15.0 Å². The second-order valence-electron chi connectivity index (χ2n) is 3.64. The van der Waals surface area contributed by atoms with Crippen LogP contribution in [-0.2, 0) is 4.74 Å². The van der Waals surface area contributed by atoms with E-state index in [1.165, 1.54) is 6.33 Å². The Morgan fingerprint density at radius 1 is 1.47 bits per heavy atom. The van der Waals surface area contributed by atoms with Gasteiger partial charge in [-0.15, -0.1) is 0 Å². The molecule has 17 heavy (non-hydrogen) atoms. The van der Waals surface area contributed by atoms with Crippen LogP contribution in [0.25, 0.3) is 0 Å². The quantitative estimate of drug-likeness (QED) is 0.555. The molecule has 0 aromatic carbocycles. The molecule has 0 aliphatic heterocycles. The Bertz CT molecular complexity index is 381. The summed E-state index contributed by atoms with van der Waals surface area (Å²) >= 11 is 1.98. The van der Waals surface area contributed by atoms with Crippen LogP contribution in [0.5, 0.6) is 0 Å². The zero-order valence-electron chi connectivity index (χ0n) is 9.96. The van der Waals surface area contributed by atoms with Crippen LogP contribution in [-0.4, -0.2) is 29.7 Å². The highest BCUT2D eigenvalue weighted by Gasteiger charge is 2.03. The van der Waals surface area contributed by atoms with Gasteiger partial charge in [0.25, 0.3) is 5.56 Å². The van der Waals surface area contributed by atoms with Crippen molar-refractivity contribution >= 4 is 28.4 Å². The van der Waals surface area contributed by atoms with Gasteiger partial charge in [0, 0.05) is 19.8 Å². The van der Waals surface area contributed by atoms with E-state index in [9.17, 15) is 4.79 Å². The molecule has 0 aliphatic carbocycles. The van der Waals surface area contributed by atoms with E-state index in [4.69, 9.17) is 4.74 Å². The van der Waals surface area contributed by atoms with Crippen LogP contribution in [0.15, 0.2) is 11.1 Å². The van der Waals surface area contributed by atoms with Crippen LogP contribution in [0.1, 0.15) is 26.2 Å². The number of rotatable bonds is 8. The topological polar surface area (TPSA) is 67.0 Å². The van der Waals surface area contributed by atoms with Crippen molar-refractivity contribution in [1.82, 2.24) is 9.97 Å². The van der Waals surface area contributed by atoms with Crippen LogP contribution >= 0.6 is 22.6 Å². The first kappa shape index (κ1) is 14.4. The zero-order valence-corrected chi connectivity index (χ0v) is 12.1. The van der Waals surface area contributed by atoms with Gasteiger partial charge in [0.2, 0.25) is 0 Å². The average Bonchev–Trinajstić information content (AvgIpc) is 2.33. The van der Waals surface area contributed by atoms with E-state index >= 15 is 0 Å². The largest absolute Gasteiger partial charge is 0.381 e. The van der Waals surface area contributed by atoms with Gasteiger partial charge in [-0.1, -0.05) is 13.3 Å². The Hall–Kier alpha value is -0.630. The number of H-pyrrole nitrogens is 1. The first-order valence-corrected chi connectivity index (χ1v) is 6.88. The number of unbranched alkanes of at least 4 members (excludes halogenated alkanes) is 1. The Morgan fingerprint density at radius 3 is 3.00 bits per heavy atom. The minimum atomic E-state index is -0.109. The van der Waals surface area contributed by atoms with Crippen molar-refractivity contribution in [3.05, 3.63) is 20.3 Å². The van der Waals surface area contributed by atoms with E-state index in [0.717, 1.165) is 39.0 Å². The van der Waals surface area contributed by atoms with Crippen LogP contribution in [0.2, 0.25) is 0 Å². The van der Waals surface area contributed by atoms with Crippen molar-refractivity contribution in [2.75, 3.05) is 25.1 Å². The first-order chi connectivity index (χ1) is 8.25. The lowest BCUT2D eigenvalue weighted by Gasteiger charge is -2.06. The molecule has 96 valence electrons. The summed E-state index contributed by atoms with van der Waals surface area (Å²) in [6.07, 6.45) is 4.59. The van der Waals surface area contributed by atoms with Gasteiger partial charge in [-0.2, -0.15) is 0 Å². The molecule has 0 fully saturated rings. The molecule has 6 heteroatoms. The van der Waals surface area contributed by atoms with Crippen molar-refractivity contribution in [1.29, 1.82) is 0 Å². The summed E-state index contributed by atoms with van der Waals surface area (Å²) in [5.74, 6) is 0.642. The number of anilines is 1. The van der Waals surface area contributed by atoms with Crippen molar-refractivity contribution < 1.29 is 4.74 Å². The fourth-order valence-corrected chi connectivity index (χ4v) is 1.72. The lowest BCUT2D eigenvalue weighted by Crippen LogP contribution is -2.16. The number of ether oxygens (including phenoxy) is 1. The molecule has 0 bridgehead atoms. The number of aromatic amines is 1. The van der Waals surface area contributed by atoms with Crippen molar-refractivity contribution in [2.45, 2.75) is 26.2 Å². The van der Waals surface area contributed by atoms with E-state index in [0.29, 0.717) is 9.39 Å². The summed E-state index contributed by atoms with van der Waals surface area (Å²) in [6.45, 7) is 4.48. The van der Waals surface area contributed by atoms with E-state index in [1.54, 1.807) is 0 Å². The third-order valence-corrected chi connectivity index (χ3v) is 3.20. The summed E-state index contributed by atoms with van der Waals surface area (Å²) in [5, 5.41) is 3.13. The van der Waals surface area contributed by atoms with Gasteiger partial charge in [0.1, 0.15) is 9.39 Å². The number of hydrogen-bond donors (Lipinski definition) is 2. The van der Waals surface area contributed by atoms with E-state index in [1.807, 2.05) is 22.6 Å². The second-order valence-corrected chi connectivity index (χ2v) is 4.72. The van der Waals surface area contributed by atoms with Crippen LogP contribution in [0.4, 0.5) is 5.82 Å². The normalized spacial score (nSPS) is 10.5. The fourth-order valence-electron chi connectivity index (χ4n) is 1.24. The van der Waals surface area contributed by atoms with E-state index in [-0.39, 0.29) is 5.56 Å². The number of nitrogens with zero attached hydrogens (tertiary/aromatic N) is 1. The molecular formula is C11H18IN3O2. The molecule has 0 radical (unpaired) electrons. The van der Waals surface area contributed by atoms with Crippen molar-refractivity contribution in [2.24, 2.45) is 0 Å². The molecule has 2 N–H and O–H groups in total. The van der Waals surface area contributed by atoms with Gasteiger partial charge in [-0.05, 0) is 35.4 Å². The lowest BCUT2D eigenvalue weighted by atomic mass is 10.3. The number of halogens is 1. The molecule has 0 saturated carbocycles. The summed E-state index contributed by atoms with van der Waals surface area (Å²) in [6, 6.07) is 0. The number of aromatic nitrogens is 2. The van der Waals surface area contributed by atoms with Gasteiger partial charge in [-0.25, -0.2) is 4.98 Å². The molecule has 1 rings (SSSR count). The van der Waals surface area contributed by atoms with Crippen LogP contribution in [0, 0.1) is 3.57 Å². The molecule has 0 amide bonds. The van der Waals surface area contributed by atoms with Gasteiger partial charge >= 0.3 is 0 Å². The smallest absolute Gasteiger partial charge is 0.266 e. The minimum absolute atomic E-state index is 0.109. The maximum Gasteiger partial charge on any atom is 0.266 e. The monoisotopic (exact) mass is 351 g/mol. The summed E-state index contributed by atoms with van der Waals surface area (Å²) < 4.78 is 6.03. The molecule has 0 aliphatic rings.